The number of ether oxygens (including phenoxy) is 1. The molecule has 7 nitrogen and oxygen atoms in total. The van der Waals surface area contributed by atoms with Gasteiger partial charge in [-0.15, -0.1) is 0 Å². The summed E-state index contributed by atoms with van der Waals surface area (Å²) in [4.78, 5) is 25.4. The number of carbonyl (C=O) groups is 1. The highest BCUT2D eigenvalue weighted by molar-refractivity contribution is 9.10. The van der Waals surface area contributed by atoms with Crippen LogP contribution >= 0.6 is 15.9 Å². The van der Waals surface area contributed by atoms with Crippen LogP contribution in [0.25, 0.3) is 0 Å². The van der Waals surface area contributed by atoms with E-state index >= 15 is 0 Å². The predicted molar refractivity (Wildman–Crippen MR) is 111 cm³/mol. The largest absolute Gasteiger partial charge is 0.493 e. The number of aromatic nitrogens is 2. The van der Waals surface area contributed by atoms with Crippen LogP contribution < -0.4 is 15.8 Å². The first kappa shape index (κ1) is 18.6. The first-order valence-corrected chi connectivity index (χ1v) is 9.93. The van der Waals surface area contributed by atoms with Crippen molar-refractivity contribution < 1.29 is 9.53 Å². The number of nitrogens with zero attached hydrogens (tertiary/aromatic N) is 3. The third-order valence-corrected chi connectivity index (χ3v) is 5.34. The van der Waals surface area contributed by atoms with Gasteiger partial charge in [-0.1, -0.05) is 6.08 Å². The Morgan fingerprint density at radius 1 is 1.25 bits per heavy atom. The molecule has 0 radical (unpaired) electrons. The lowest BCUT2D eigenvalue weighted by atomic mass is 9.80. The Labute approximate surface area is 171 Å². The van der Waals surface area contributed by atoms with Gasteiger partial charge >= 0.3 is 0 Å². The molecule has 3 heterocycles. The molecule has 0 saturated carbocycles. The van der Waals surface area contributed by atoms with Gasteiger partial charge in [0.05, 0.1) is 16.6 Å². The fourth-order valence-electron chi connectivity index (χ4n) is 3.61. The monoisotopic (exact) mass is 441 g/mol. The second kappa shape index (κ2) is 7.71. The minimum atomic E-state index is -0.433. The maximum atomic E-state index is 12.5. The second-order valence-corrected chi connectivity index (χ2v) is 7.77. The van der Waals surface area contributed by atoms with Crippen molar-refractivity contribution in [1.29, 1.82) is 0 Å². The van der Waals surface area contributed by atoms with Crippen LogP contribution in [0.1, 0.15) is 41.9 Å². The maximum absolute atomic E-state index is 12.5. The van der Waals surface area contributed by atoms with Gasteiger partial charge in [0.15, 0.2) is 0 Å². The SMILES string of the molecule is NC1=N\C2(CCC\C=C\1)CCOc1ccc(NC(=O)c3ncc(Br)cn3)cc12. The van der Waals surface area contributed by atoms with E-state index in [1.165, 1.54) is 12.4 Å². The number of carbonyl (C=O) groups excluding carboxylic acids is 1. The number of anilines is 1. The van der Waals surface area contributed by atoms with E-state index in [0.717, 1.165) is 37.0 Å². The molecule has 0 bridgehead atoms. The molecule has 3 N–H and O–H groups in total. The molecule has 1 spiro atoms. The van der Waals surface area contributed by atoms with Crippen molar-refractivity contribution in [1.82, 2.24) is 9.97 Å². The number of nitrogens with one attached hydrogen (secondary N) is 1. The van der Waals surface area contributed by atoms with Crippen molar-refractivity contribution in [3.05, 3.63) is 58.6 Å². The molecule has 1 amide bonds. The van der Waals surface area contributed by atoms with Gasteiger partial charge < -0.3 is 15.8 Å². The Balaban J connectivity index is 1.67. The number of amidine groups is 1. The summed E-state index contributed by atoms with van der Waals surface area (Å²) < 4.78 is 6.56. The number of halogens is 1. The number of allylic oxidation sites excluding steroid dienone is 1. The van der Waals surface area contributed by atoms with Crippen LogP contribution in [0.15, 0.2) is 52.2 Å². The van der Waals surface area contributed by atoms with Crippen molar-refractivity contribution in [2.45, 2.75) is 31.2 Å². The van der Waals surface area contributed by atoms with Gasteiger partial charge in [-0.3, -0.25) is 9.79 Å². The second-order valence-electron chi connectivity index (χ2n) is 6.85. The van der Waals surface area contributed by atoms with Crippen molar-refractivity contribution in [3.8, 4) is 5.75 Å². The lowest BCUT2D eigenvalue weighted by Gasteiger charge is -2.37. The van der Waals surface area contributed by atoms with Gasteiger partial charge in [-0.25, -0.2) is 9.97 Å². The van der Waals surface area contributed by atoms with Crippen LogP contribution in [0.5, 0.6) is 5.75 Å². The van der Waals surface area contributed by atoms with Gasteiger partial charge in [-0.2, -0.15) is 0 Å². The summed E-state index contributed by atoms with van der Waals surface area (Å²) in [7, 11) is 0. The number of benzene rings is 1. The molecular weight excluding hydrogens is 422 g/mol. The fourth-order valence-corrected chi connectivity index (χ4v) is 3.82. The molecule has 1 aromatic carbocycles. The van der Waals surface area contributed by atoms with E-state index in [1.54, 1.807) is 0 Å². The lowest BCUT2D eigenvalue weighted by Crippen LogP contribution is -2.34. The standard InChI is InChI=1S/C20H20BrN5O2/c21-13-11-23-18(24-12-13)19(27)25-14-5-6-16-15(10-14)20(8-9-28-16)7-3-1-2-4-17(22)26-20/h2,4-6,10-12H,1,3,7-9H2,(H2,22,26)(H,25,27)/b4-2+. The van der Waals surface area contributed by atoms with E-state index in [1.807, 2.05) is 24.3 Å². The van der Waals surface area contributed by atoms with Gasteiger partial charge in [0.25, 0.3) is 5.91 Å². The summed E-state index contributed by atoms with van der Waals surface area (Å²) in [5.41, 5.74) is 7.27. The van der Waals surface area contributed by atoms with E-state index in [0.29, 0.717) is 22.6 Å². The Kier molecular flexibility index (Phi) is 5.13. The average molecular weight is 442 g/mol. The van der Waals surface area contributed by atoms with Crippen molar-refractivity contribution in [2.75, 3.05) is 11.9 Å². The van der Waals surface area contributed by atoms with Crippen LogP contribution in [0.2, 0.25) is 0 Å². The zero-order chi connectivity index (χ0) is 19.6. The molecule has 144 valence electrons. The number of rotatable bonds is 2. The average Bonchev–Trinajstić information content (AvgIpc) is 2.67. The molecule has 8 heteroatoms. The first-order valence-electron chi connectivity index (χ1n) is 9.14. The first-order chi connectivity index (χ1) is 13.6. The Hall–Kier alpha value is -2.74. The number of hydrogen-bond acceptors (Lipinski definition) is 6. The molecule has 1 unspecified atom stereocenters. The van der Waals surface area contributed by atoms with Gasteiger partial charge in [0, 0.05) is 30.1 Å². The van der Waals surface area contributed by atoms with Crippen LogP contribution in [0.3, 0.4) is 0 Å². The summed E-state index contributed by atoms with van der Waals surface area (Å²) in [6, 6.07) is 5.60. The highest BCUT2D eigenvalue weighted by Gasteiger charge is 2.38. The maximum Gasteiger partial charge on any atom is 0.293 e. The Morgan fingerprint density at radius 3 is 2.89 bits per heavy atom. The van der Waals surface area contributed by atoms with Gasteiger partial charge in [-0.05, 0) is 59.5 Å². The zero-order valence-corrected chi connectivity index (χ0v) is 16.8. The number of fused-ring (bicyclic) bond motifs is 2. The van der Waals surface area contributed by atoms with Crippen LogP contribution in [0, 0.1) is 0 Å². The normalized spacial score (nSPS) is 24.1. The highest BCUT2D eigenvalue weighted by atomic mass is 79.9. The molecular formula is C20H20BrN5O2. The quantitative estimate of drug-likeness (QED) is 0.741. The topological polar surface area (TPSA) is 102 Å². The molecule has 4 rings (SSSR count). The van der Waals surface area contributed by atoms with Crippen molar-refractivity contribution >= 4 is 33.4 Å². The Morgan fingerprint density at radius 2 is 2.07 bits per heavy atom. The summed E-state index contributed by atoms with van der Waals surface area (Å²) in [6.45, 7) is 0.589. The minimum absolute atomic E-state index is 0.102. The fraction of sp³-hybridized carbons (Fsp3) is 0.300. The third-order valence-electron chi connectivity index (χ3n) is 4.93. The van der Waals surface area contributed by atoms with Crippen molar-refractivity contribution in [2.24, 2.45) is 10.7 Å². The molecule has 0 fully saturated rings. The number of amides is 1. The summed E-state index contributed by atoms with van der Waals surface area (Å²) >= 11 is 3.26. The summed E-state index contributed by atoms with van der Waals surface area (Å²) in [5.74, 6) is 1.03. The Bertz CT molecular complexity index is 958. The third kappa shape index (κ3) is 3.77. The van der Waals surface area contributed by atoms with Gasteiger partial charge in [0.2, 0.25) is 5.82 Å². The molecule has 2 aliphatic heterocycles. The molecule has 1 aromatic heterocycles. The summed E-state index contributed by atoms with van der Waals surface area (Å²) in [6.07, 6.45) is 10.6. The number of aliphatic imine (C=N–C) groups is 1. The predicted octanol–water partition coefficient (Wildman–Crippen LogP) is 3.57. The lowest BCUT2D eigenvalue weighted by molar-refractivity contribution is 0.101. The zero-order valence-electron chi connectivity index (χ0n) is 15.2. The molecule has 28 heavy (non-hydrogen) atoms. The van der Waals surface area contributed by atoms with E-state index in [2.05, 4.69) is 37.3 Å². The van der Waals surface area contributed by atoms with E-state index < -0.39 is 5.54 Å². The minimum Gasteiger partial charge on any atom is -0.493 e. The smallest absolute Gasteiger partial charge is 0.293 e. The molecule has 0 saturated heterocycles. The molecule has 2 aliphatic rings. The van der Waals surface area contributed by atoms with E-state index in [-0.39, 0.29) is 11.7 Å². The van der Waals surface area contributed by atoms with E-state index in [4.69, 9.17) is 15.5 Å². The number of hydrogen-bond donors (Lipinski definition) is 2. The van der Waals surface area contributed by atoms with E-state index in [9.17, 15) is 4.79 Å². The van der Waals surface area contributed by atoms with Crippen LogP contribution in [-0.4, -0.2) is 28.3 Å². The van der Waals surface area contributed by atoms with Gasteiger partial charge in [0.1, 0.15) is 11.6 Å². The van der Waals surface area contributed by atoms with Crippen LogP contribution in [0.4, 0.5) is 5.69 Å². The molecule has 0 aliphatic carbocycles. The molecule has 1 atom stereocenters. The summed E-state index contributed by atoms with van der Waals surface area (Å²) in [5, 5.41) is 2.86. The van der Waals surface area contributed by atoms with Crippen molar-refractivity contribution in [3.63, 3.8) is 0 Å². The van der Waals surface area contributed by atoms with Crippen LogP contribution in [-0.2, 0) is 5.54 Å². The molecule has 2 aromatic rings. The highest BCUT2D eigenvalue weighted by Crippen LogP contribution is 2.45. The number of nitrogens with two attached hydrogens (primary N) is 1.